The van der Waals surface area contributed by atoms with E-state index < -0.39 is 11.6 Å². The molecule has 0 atom stereocenters. The minimum atomic E-state index is -0.440. The summed E-state index contributed by atoms with van der Waals surface area (Å²) < 4.78 is 6.61. The highest BCUT2D eigenvalue weighted by molar-refractivity contribution is 5.80. The molecule has 0 aliphatic heterocycles. The standard InChI is InChI=1S/C15H20N4O2/c1-11-17-13(12-7-6-8-16-9-12)10-18(11)19(14(20)21-5)15(2,3)4/h6-10H,1-5H3. The first-order valence-corrected chi connectivity index (χ1v) is 6.69. The van der Waals surface area contributed by atoms with Gasteiger partial charge in [-0.25, -0.2) is 19.5 Å². The third kappa shape index (κ3) is 3.04. The van der Waals surface area contributed by atoms with E-state index in [1.807, 2.05) is 46.0 Å². The minimum absolute atomic E-state index is 0.430. The van der Waals surface area contributed by atoms with Crippen molar-refractivity contribution in [1.82, 2.24) is 14.6 Å². The number of methoxy groups -OCH3 is 1. The number of hydrogen-bond acceptors (Lipinski definition) is 4. The lowest BCUT2D eigenvalue weighted by Gasteiger charge is -2.35. The summed E-state index contributed by atoms with van der Waals surface area (Å²) in [6.07, 6.45) is 4.84. The summed E-state index contributed by atoms with van der Waals surface area (Å²) in [5, 5.41) is 1.54. The van der Waals surface area contributed by atoms with Gasteiger partial charge in [-0.05, 0) is 39.8 Å². The summed E-state index contributed by atoms with van der Waals surface area (Å²) in [4.78, 5) is 20.7. The Morgan fingerprint density at radius 2 is 2.10 bits per heavy atom. The number of ether oxygens (including phenoxy) is 1. The number of amides is 1. The van der Waals surface area contributed by atoms with Crippen molar-refractivity contribution in [2.75, 3.05) is 12.1 Å². The molecular weight excluding hydrogens is 268 g/mol. The molecule has 0 spiro atoms. The Hall–Kier alpha value is -2.37. The molecule has 6 nitrogen and oxygen atoms in total. The number of rotatable bonds is 2. The molecule has 0 bridgehead atoms. The summed E-state index contributed by atoms with van der Waals surface area (Å²) in [5.74, 6) is 0.703. The summed E-state index contributed by atoms with van der Waals surface area (Å²) in [5.41, 5.74) is 1.22. The minimum Gasteiger partial charge on any atom is -0.451 e. The molecule has 2 aromatic rings. The van der Waals surface area contributed by atoms with Crippen LogP contribution in [0.25, 0.3) is 11.3 Å². The summed E-state index contributed by atoms with van der Waals surface area (Å²) >= 11 is 0. The lowest BCUT2D eigenvalue weighted by molar-refractivity contribution is 0.161. The van der Waals surface area contributed by atoms with Gasteiger partial charge in [-0.15, -0.1) is 0 Å². The van der Waals surface area contributed by atoms with Crippen molar-refractivity contribution in [2.24, 2.45) is 0 Å². The molecule has 0 N–H and O–H groups in total. The maximum Gasteiger partial charge on any atom is 0.429 e. The van der Waals surface area contributed by atoms with Crippen LogP contribution in [-0.4, -0.2) is 33.4 Å². The summed E-state index contributed by atoms with van der Waals surface area (Å²) in [7, 11) is 1.37. The predicted octanol–water partition coefficient (Wildman–Crippen LogP) is 2.76. The van der Waals surface area contributed by atoms with Crippen LogP contribution in [0, 0.1) is 6.92 Å². The van der Waals surface area contributed by atoms with Gasteiger partial charge in [-0.2, -0.15) is 0 Å². The zero-order valence-corrected chi connectivity index (χ0v) is 13.0. The highest BCUT2D eigenvalue weighted by Gasteiger charge is 2.30. The van der Waals surface area contributed by atoms with E-state index in [1.54, 1.807) is 17.1 Å². The van der Waals surface area contributed by atoms with E-state index in [1.165, 1.54) is 12.1 Å². The van der Waals surface area contributed by atoms with Crippen LogP contribution in [0.15, 0.2) is 30.7 Å². The molecule has 0 saturated heterocycles. The van der Waals surface area contributed by atoms with E-state index >= 15 is 0 Å². The number of aromatic nitrogens is 3. The molecule has 6 heteroatoms. The van der Waals surface area contributed by atoms with Crippen molar-refractivity contribution in [3.8, 4) is 11.3 Å². The Kier molecular flexibility index (Phi) is 3.97. The van der Waals surface area contributed by atoms with Gasteiger partial charge in [0.1, 0.15) is 5.82 Å². The van der Waals surface area contributed by atoms with Gasteiger partial charge in [0.15, 0.2) is 0 Å². The molecule has 112 valence electrons. The average Bonchev–Trinajstić information content (AvgIpc) is 2.80. The second-order valence-electron chi connectivity index (χ2n) is 5.71. The number of imidazole rings is 1. The molecule has 0 saturated carbocycles. The van der Waals surface area contributed by atoms with Crippen LogP contribution in [0.1, 0.15) is 26.6 Å². The van der Waals surface area contributed by atoms with Gasteiger partial charge >= 0.3 is 6.09 Å². The molecule has 0 aliphatic carbocycles. The lowest BCUT2D eigenvalue weighted by Crippen LogP contribution is -2.53. The topological polar surface area (TPSA) is 60.2 Å². The monoisotopic (exact) mass is 288 g/mol. The van der Waals surface area contributed by atoms with E-state index in [9.17, 15) is 4.79 Å². The van der Waals surface area contributed by atoms with Crippen molar-refractivity contribution in [3.05, 3.63) is 36.5 Å². The average molecular weight is 288 g/mol. The fourth-order valence-corrected chi connectivity index (χ4v) is 2.09. The summed E-state index contributed by atoms with van der Waals surface area (Å²) in [6.45, 7) is 7.66. The lowest BCUT2D eigenvalue weighted by atomic mass is 10.1. The highest BCUT2D eigenvalue weighted by Crippen LogP contribution is 2.21. The van der Waals surface area contributed by atoms with Gasteiger partial charge in [-0.1, -0.05) is 0 Å². The quantitative estimate of drug-likeness (QED) is 0.852. The smallest absolute Gasteiger partial charge is 0.429 e. The van der Waals surface area contributed by atoms with Crippen LogP contribution >= 0.6 is 0 Å². The highest BCUT2D eigenvalue weighted by atomic mass is 16.5. The Balaban J connectivity index is 2.48. The summed E-state index contributed by atoms with van der Waals surface area (Å²) in [6, 6.07) is 3.78. The third-order valence-corrected chi connectivity index (χ3v) is 3.01. The van der Waals surface area contributed by atoms with E-state index in [2.05, 4.69) is 9.97 Å². The molecule has 2 heterocycles. The van der Waals surface area contributed by atoms with Crippen LogP contribution in [0.4, 0.5) is 4.79 Å². The SMILES string of the molecule is COC(=O)N(n1cc(-c2cccnc2)nc1C)C(C)(C)C. The molecule has 0 unspecified atom stereocenters. The van der Waals surface area contributed by atoms with Crippen LogP contribution in [0.2, 0.25) is 0 Å². The maximum atomic E-state index is 12.1. The van der Waals surface area contributed by atoms with E-state index in [4.69, 9.17) is 4.74 Å². The van der Waals surface area contributed by atoms with Gasteiger partial charge in [0.25, 0.3) is 0 Å². The maximum absolute atomic E-state index is 12.1. The molecule has 2 aromatic heterocycles. The van der Waals surface area contributed by atoms with Gasteiger partial charge in [0.2, 0.25) is 0 Å². The zero-order chi connectivity index (χ0) is 15.6. The van der Waals surface area contributed by atoms with Gasteiger partial charge in [0.05, 0.1) is 24.5 Å². The van der Waals surface area contributed by atoms with E-state index in [-0.39, 0.29) is 0 Å². The van der Waals surface area contributed by atoms with Crippen LogP contribution in [-0.2, 0) is 4.74 Å². The van der Waals surface area contributed by atoms with Crippen LogP contribution in [0.5, 0.6) is 0 Å². The number of hydrogen-bond donors (Lipinski definition) is 0. The molecule has 0 aromatic carbocycles. The van der Waals surface area contributed by atoms with Gasteiger partial charge in [-0.3, -0.25) is 4.98 Å². The van der Waals surface area contributed by atoms with Gasteiger partial charge < -0.3 is 4.74 Å². The largest absolute Gasteiger partial charge is 0.451 e. The number of nitrogens with zero attached hydrogens (tertiary/aromatic N) is 4. The zero-order valence-electron chi connectivity index (χ0n) is 13.0. The first kappa shape index (κ1) is 15.0. The van der Waals surface area contributed by atoms with Crippen LogP contribution in [0.3, 0.4) is 0 Å². The van der Waals surface area contributed by atoms with Gasteiger partial charge in [0, 0.05) is 18.0 Å². The Labute approximate surface area is 124 Å². The third-order valence-electron chi connectivity index (χ3n) is 3.01. The second-order valence-corrected chi connectivity index (χ2v) is 5.71. The second kappa shape index (κ2) is 5.55. The number of pyridine rings is 1. The Morgan fingerprint density at radius 3 is 2.62 bits per heavy atom. The Bertz CT molecular complexity index is 629. The van der Waals surface area contributed by atoms with Crippen molar-refractivity contribution < 1.29 is 9.53 Å². The number of aryl methyl sites for hydroxylation is 1. The molecule has 0 radical (unpaired) electrons. The normalized spacial score (nSPS) is 11.3. The predicted molar refractivity (Wildman–Crippen MR) is 80.6 cm³/mol. The fraction of sp³-hybridized carbons (Fsp3) is 0.400. The molecule has 21 heavy (non-hydrogen) atoms. The van der Waals surface area contributed by atoms with Crippen molar-refractivity contribution in [3.63, 3.8) is 0 Å². The van der Waals surface area contributed by atoms with Crippen molar-refractivity contribution in [1.29, 1.82) is 0 Å². The molecule has 0 fully saturated rings. The molecule has 1 amide bonds. The van der Waals surface area contributed by atoms with Crippen molar-refractivity contribution in [2.45, 2.75) is 33.2 Å². The molecule has 2 rings (SSSR count). The van der Waals surface area contributed by atoms with E-state index in [0.29, 0.717) is 5.82 Å². The Morgan fingerprint density at radius 1 is 1.38 bits per heavy atom. The number of carbonyl (C=O) groups excluding carboxylic acids is 1. The fourth-order valence-electron chi connectivity index (χ4n) is 2.09. The van der Waals surface area contributed by atoms with Crippen LogP contribution < -0.4 is 5.01 Å². The van der Waals surface area contributed by atoms with E-state index in [0.717, 1.165) is 11.3 Å². The first-order chi connectivity index (χ1) is 9.84. The van der Waals surface area contributed by atoms with Crippen molar-refractivity contribution >= 4 is 6.09 Å². The first-order valence-electron chi connectivity index (χ1n) is 6.69. The molecular formula is C15H20N4O2. The molecule has 0 aliphatic rings. The number of carbonyl (C=O) groups is 1.